The third kappa shape index (κ3) is 2.53. The number of imide groups is 1. The summed E-state index contributed by atoms with van der Waals surface area (Å²) in [5.41, 5.74) is -7.48. The first-order chi connectivity index (χ1) is 14.6. The maximum Gasteiger partial charge on any atom is 0.417 e. The van der Waals surface area contributed by atoms with E-state index in [-0.39, 0.29) is 12.1 Å². The molecule has 11 heteroatoms. The van der Waals surface area contributed by atoms with Crippen LogP contribution in [0.15, 0.2) is 18.2 Å². The zero-order chi connectivity index (χ0) is 24.0. The van der Waals surface area contributed by atoms with Gasteiger partial charge < -0.3 is 14.7 Å². The number of carbonyl (C=O) groups is 3. The average Bonchev–Trinajstić information content (AvgIpc) is 3.19. The summed E-state index contributed by atoms with van der Waals surface area (Å²) >= 11 is 0. The zero-order valence-electron chi connectivity index (χ0n) is 17.6. The quantitative estimate of drug-likeness (QED) is 0.682. The highest BCUT2D eigenvalue weighted by molar-refractivity contribution is 6.23. The molecule has 5 atom stereocenters. The zero-order valence-corrected chi connectivity index (χ0v) is 17.6. The van der Waals surface area contributed by atoms with Crippen molar-refractivity contribution >= 4 is 23.4 Å². The number of alkyl halides is 3. The van der Waals surface area contributed by atoms with E-state index in [2.05, 4.69) is 0 Å². The van der Waals surface area contributed by atoms with Crippen molar-refractivity contribution in [2.24, 2.45) is 11.8 Å². The maximum atomic E-state index is 13.4. The number of benzene rings is 1. The van der Waals surface area contributed by atoms with Crippen LogP contribution in [0.4, 0.5) is 18.9 Å². The normalized spacial score (nSPS) is 35.8. The van der Waals surface area contributed by atoms with Crippen molar-refractivity contribution in [2.45, 2.75) is 43.2 Å². The van der Waals surface area contributed by atoms with Gasteiger partial charge in [0, 0.05) is 20.5 Å². The van der Waals surface area contributed by atoms with Crippen molar-refractivity contribution < 1.29 is 37.4 Å². The summed E-state index contributed by atoms with van der Waals surface area (Å²) in [7, 11) is 2.86. The van der Waals surface area contributed by atoms with Crippen LogP contribution in [-0.4, -0.2) is 58.6 Å². The SMILES string of the molecule is CN(C)C(=O)[C@]1(O)CC2(C)OC1(C)[C@@H]1C(=O)N(c3ccc(C#N)c(C(F)(F)F)c3)C(=O)[C@@H]12. The Morgan fingerprint density at radius 3 is 2.38 bits per heavy atom. The van der Waals surface area contributed by atoms with Crippen LogP contribution in [-0.2, 0) is 25.3 Å². The van der Waals surface area contributed by atoms with E-state index in [4.69, 9.17) is 10.00 Å². The molecule has 4 rings (SSSR count). The second-order valence-corrected chi connectivity index (χ2v) is 9.07. The van der Waals surface area contributed by atoms with E-state index in [9.17, 15) is 32.7 Å². The number of amides is 3. The fourth-order valence-electron chi connectivity index (χ4n) is 5.54. The van der Waals surface area contributed by atoms with Gasteiger partial charge in [-0.05, 0) is 32.0 Å². The van der Waals surface area contributed by atoms with Crippen molar-refractivity contribution in [2.75, 3.05) is 19.0 Å². The Labute approximate surface area is 181 Å². The van der Waals surface area contributed by atoms with Gasteiger partial charge in [0.1, 0.15) is 5.60 Å². The third-order valence-corrected chi connectivity index (χ3v) is 6.88. The van der Waals surface area contributed by atoms with Gasteiger partial charge in [0.05, 0.1) is 40.3 Å². The number of ether oxygens (including phenoxy) is 1. The van der Waals surface area contributed by atoms with Crippen LogP contribution in [0.25, 0.3) is 0 Å². The lowest BCUT2D eigenvalue weighted by atomic mass is 9.61. The fraction of sp³-hybridized carbons (Fsp3) is 0.524. The minimum atomic E-state index is -4.87. The van der Waals surface area contributed by atoms with E-state index >= 15 is 0 Å². The van der Waals surface area contributed by atoms with Gasteiger partial charge in [-0.1, -0.05) is 0 Å². The van der Waals surface area contributed by atoms with Gasteiger partial charge in [0.2, 0.25) is 11.8 Å². The van der Waals surface area contributed by atoms with Crippen LogP contribution in [0.3, 0.4) is 0 Å². The van der Waals surface area contributed by atoms with E-state index in [1.54, 1.807) is 0 Å². The van der Waals surface area contributed by atoms with Crippen molar-refractivity contribution in [3.63, 3.8) is 0 Å². The molecule has 0 spiro atoms. The molecule has 3 aliphatic rings. The first-order valence-electron chi connectivity index (χ1n) is 9.76. The molecule has 0 radical (unpaired) electrons. The Morgan fingerprint density at radius 1 is 1.25 bits per heavy atom. The highest BCUT2D eigenvalue weighted by Gasteiger charge is 2.82. The molecular formula is C21H20F3N3O5. The molecular weight excluding hydrogens is 431 g/mol. The van der Waals surface area contributed by atoms with E-state index in [0.29, 0.717) is 11.0 Å². The number of likely N-dealkylation sites (N-methyl/N-ethyl adjacent to an activating group) is 1. The Hall–Kier alpha value is -2.97. The lowest BCUT2D eigenvalue weighted by molar-refractivity contribution is -0.174. The predicted octanol–water partition coefficient (Wildman–Crippen LogP) is 1.45. The number of aliphatic hydroxyl groups is 1. The lowest BCUT2D eigenvalue weighted by Gasteiger charge is -2.42. The summed E-state index contributed by atoms with van der Waals surface area (Å²) in [6, 6.07) is 4.02. The molecule has 1 aromatic carbocycles. The van der Waals surface area contributed by atoms with Crippen LogP contribution in [0.2, 0.25) is 0 Å². The maximum absolute atomic E-state index is 13.4. The average molecular weight is 451 g/mol. The molecule has 1 aromatic rings. The molecule has 0 saturated carbocycles. The molecule has 0 aromatic heterocycles. The highest BCUT2D eigenvalue weighted by atomic mass is 19.4. The summed E-state index contributed by atoms with van der Waals surface area (Å²) in [6.45, 7) is 2.88. The van der Waals surface area contributed by atoms with Crippen LogP contribution in [0.1, 0.15) is 31.4 Å². The molecule has 3 heterocycles. The first kappa shape index (κ1) is 22.2. The number of rotatable bonds is 2. The Balaban J connectivity index is 1.82. The second-order valence-electron chi connectivity index (χ2n) is 9.07. The molecule has 0 aliphatic carbocycles. The summed E-state index contributed by atoms with van der Waals surface area (Å²) in [4.78, 5) is 41.2. The molecule has 170 valence electrons. The van der Waals surface area contributed by atoms with Crippen LogP contribution in [0.5, 0.6) is 0 Å². The van der Waals surface area contributed by atoms with Gasteiger partial charge in [-0.25, -0.2) is 4.90 Å². The summed E-state index contributed by atoms with van der Waals surface area (Å²) in [5, 5.41) is 20.3. The van der Waals surface area contributed by atoms with Gasteiger partial charge in [0.15, 0.2) is 5.60 Å². The van der Waals surface area contributed by atoms with Crippen LogP contribution < -0.4 is 4.90 Å². The number of hydrogen-bond acceptors (Lipinski definition) is 6. The number of nitriles is 1. The van der Waals surface area contributed by atoms with E-state index in [1.165, 1.54) is 34.0 Å². The molecule has 2 bridgehead atoms. The molecule has 3 aliphatic heterocycles. The Morgan fingerprint density at radius 2 is 1.84 bits per heavy atom. The number of halogens is 3. The number of fused-ring (bicyclic) bond motifs is 5. The van der Waals surface area contributed by atoms with E-state index < -0.39 is 63.7 Å². The van der Waals surface area contributed by atoms with Crippen molar-refractivity contribution in [1.29, 1.82) is 5.26 Å². The molecule has 3 fully saturated rings. The topological polar surface area (TPSA) is 111 Å². The molecule has 32 heavy (non-hydrogen) atoms. The van der Waals surface area contributed by atoms with Gasteiger partial charge in [0.25, 0.3) is 5.91 Å². The highest BCUT2D eigenvalue weighted by Crippen LogP contribution is 2.65. The number of carbonyl (C=O) groups excluding carboxylic acids is 3. The molecule has 3 amide bonds. The van der Waals surface area contributed by atoms with Gasteiger partial charge in [-0.2, -0.15) is 18.4 Å². The molecule has 3 saturated heterocycles. The van der Waals surface area contributed by atoms with Crippen molar-refractivity contribution in [3.8, 4) is 6.07 Å². The predicted molar refractivity (Wildman–Crippen MR) is 102 cm³/mol. The third-order valence-electron chi connectivity index (χ3n) is 6.88. The monoisotopic (exact) mass is 451 g/mol. The van der Waals surface area contributed by atoms with Crippen LogP contribution >= 0.6 is 0 Å². The lowest BCUT2D eigenvalue weighted by Crippen LogP contribution is -2.64. The number of anilines is 1. The van der Waals surface area contributed by atoms with E-state index in [0.717, 1.165) is 17.0 Å². The smallest absolute Gasteiger partial charge is 0.377 e. The summed E-state index contributed by atoms with van der Waals surface area (Å²) < 4.78 is 46.2. The van der Waals surface area contributed by atoms with Crippen molar-refractivity contribution in [1.82, 2.24) is 4.90 Å². The summed E-state index contributed by atoms with van der Waals surface area (Å²) in [6.07, 6.45) is -5.12. The van der Waals surface area contributed by atoms with Gasteiger partial charge >= 0.3 is 6.18 Å². The Bertz CT molecular complexity index is 1110. The standard InChI is InChI=1S/C21H20F3N3O5/c1-18-9-20(31,17(30)26(3)4)19(2,32-18)14-13(18)15(28)27(16(14)29)11-6-5-10(8-25)12(7-11)21(22,23)24/h5-7,13-14,31H,9H2,1-4H3/t13-,14+,18?,19?,20-/m1/s1. The minimum Gasteiger partial charge on any atom is -0.377 e. The molecule has 1 N–H and O–H groups in total. The van der Waals surface area contributed by atoms with Crippen LogP contribution in [0, 0.1) is 23.2 Å². The van der Waals surface area contributed by atoms with Crippen molar-refractivity contribution in [3.05, 3.63) is 29.3 Å². The summed E-state index contributed by atoms with van der Waals surface area (Å²) in [5.74, 6) is -4.69. The first-order valence-corrected chi connectivity index (χ1v) is 9.76. The second kappa shape index (κ2) is 6.30. The largest absolute Gasteiger partial charge is 0.417 e. The Kier molecular flexibility index (Phi) is 4.37. The molecule has 8 nitrogen and oxygen atoms in total. The van der Waals surface area contributed by atoms with E-state index in [1.807, 2.05) is 0 Å². The number of nitrogens with zero attached hydrogens (tertiary/aromatic N) is 3. The fourth-order valence-corrected chi connectivity index (χ4v) is 5.54. The van der Waals surface area contributed by atoms with Gasteiger partial charge in [-0.15, -0.1) is 0 Å². The van der Waals surface area contributed by atoms with Gasteiger partial charge in [-0.3, -0.25) is 14.4 Å². The number of hydrogen-bond donors (Lipinski definition) is 1. The minimum absolute atomic E-state index is 0.247. The molecule has 2 unspecified atom stereocenters.